The molecule has 7 heteroatoms. The highest BCUT2D eigenvalue weighted by Crippen LogP contribution is 2.34. The van der Waals surface area contributed by atoms with Crippen molar-refractivity contribution in [3.8, 4) is 22.6 Å². The number of pyridine rings is 1. The van der Waals surface area contributed by atoms with Crippen LogP contribution in [0.3, 0.4) is 0 Å². The van der Waals surface area contributed by atoms with Crippen LogP contribution in [0.4, 0.5) is 17.2 Å². The first-order valence-corrected chi connectivity index (χ1v) is 12.1. The van der Waals surface area contributed by atoms with Gasteiger partial charge in [0.2, 0.25) is 5.91 Å². The fraction of sp³-hybridized carbons (Fsp3) is 0.241. The Kier molecular flexibility index (Phi) is 8.02. The van der Waals surface area contributed by atoms with E-state index in [2.05, 4.69) is 35.4 Å². The van der Waals surface area contributed by atoms with Crippen LogP contribution in [0, 0.1) is 0 Å². The number of hydrogen-bond acceptors (Lipinski definition) is 6. The fourth-order valence-electron chi connectivity index (χ4n) is 3.99. The predicted molar refractivity (Wildman–Crippen MR) is 146 cm³/mol. The molecule has 0 spiro atoms. The van der Waals surface area contributed by atoms with E-state index in [0.29, 0.717) is 6.54 Å². The van der Waals surface area contributed by atoms with E-state index in [0.717, 1.165) is 63.8 Å². The molecule has 0 aliphatic rings. The quantitative estimate of drug-likeness (QED) is 0.290. The average molecular weight is 485 g/mol. The van der Waals surface area contributed by atoms with Gasteiger partial charge in [-0.2, -0.15) is 0 Å². The summed E-state index contributed by atoms with van der Waals surface area (Å²) >= 11 is 0. The van der Waals surface area contributed by atoms with E-state index >= 15 is 0 Å². The molecule has 3 aromatic carbocycles. The number of carbonyl (C=O) groups excluding carboxylic acids is 1. The number of hydrogen-bond donors (Lipinski definition) is 2. The first kappa shape index (κ1) is 25.0. The Morgan fingerprint density at radius 1 is 0.833 bits per heavy atom. The third-order valence-corrected chi connectivity index (χ3v) is 6.12. The number of benzene rings is 3. The van der Waals surface area contributed by atoms with E-state index < -0.39 is 0 Å². The van der Waals surface area contributed by atoms with Crippen molar-refractivity contribution in [3.63, 3.8) is 0 Å². The molecule has 7 nitrogen and oxygen atoms in total. The fourth-order valence-corrected chi connectivity index (χ4v) is 3.99. The van der Waals surface area contributed by atoms with E-state index in [9.17, 15) is 4.79 Å². The molecule has 2 N–H and O–H groups in total. The number of nitrogens with one attached hydrogen (secondary N) is 2. The smallest absolute Gasteiger partial charge is 0.238 e. The van der Waals surface area contributed by atoms with E-state index in [1.807, 2.05) is 66.7 Å². The lowest BCUT2D eigenvalue weighted by atomic mass is 10.0. The summed E-state index contributed by atoms with van der Waals surface area (Å²) in [5.41, 5.74) is 4.44. The molecule has 0 bridgehead atoms. The van der Waals surface area contributed by atoms with Gasteiger partial charge in [-0.3, -0.25) is 9.69 Å². The Hall–Kier alpha value is -4.10. The van der Waals surface area contributed by atoms with Crippen LogP contribution in [0.25, 0.3) is 22.0 Å². The lowest BCUT2D eigenvalue weighted by molar-refractivity contribution is -0.117. The highest BCUT2D eigenvalue weighted by atomic mass is 16.5. The minimum absolute atomic E-state index is 0.0205. The van der Waals surface area contributed by atoms with Crippen LogP contribution < -0.4 is 20.1 Å². The summed E-state index contributed by atoms with van der Waals surface area (Å²) < 4.78 is 10.7. The molecule has 0 aliphatic carbocycles. The Labute approximate surface area is 212 Å². The molecule has 4 aromatic rings. The maximum Gasteiger partial charge on any atom is 0.238 e. The number of fused-ring (bicyclic) bond motifs is 1. The zero-order valence-corrected chi connectivity index (χ0v) is 21.2. The van der Waals surface area contributed by atoms with Crippen LogP contribution in [0.15, 0.2) is 72.8 Å². The van der Waals surface area contributed by atoms with Gasteiger partial charge in [0.1, 0.15) is 17.3 Å². The summed E-state index contributed by atoms with van der Waals surface area (Å²) in [6, 6.07) is 23.5. The lowest BCUT2D eigenvalue weighted by Gasteiger charge is -2.17. The topological polar surface area (TPSA) is 75.7 Å². The number of nitrogens with zero attached hydrogens (tertiary/aromatic N) is 2. The van der Waals surface area contributed by atoms with Gasteiger partial charge in [0.05, 0.1) is 26.3 Å². The number of aromatic nitrogens is 1. The van der Waals surface area contributed by atoms with Crippen molar-refractivity contribution < 1.29 is 14.3 Å². The van der Waals surface area contributed by atoms with Crippen LogP contribution in [0.5, 0.6) is 11.5 Å². The van der Waals surface area contributed by atoms with Gasteiger partial charge >= 0.3 is 0 Å². The molecule has 0 aliphatic heterocycles. The van der Waals surface area contributed by atoms with E-state index in [1.54, 1.807) is 14.2 Å². The summed E-state index contributed by atoms with van der Waals surface area (Å²) in [5.74, 6) is 2.29. The van der Waals surface area contributed by atoms with Gasteiger partial charge in [-0.25, -0.2) is 4.98 Å². The number of ether oxygens (including phenoxy) is 2. The maximum absolute atomic E-state index is 12.3. The third kappa shape index (κ3) is 5.93. The summed E-state index contributed by atoms with van der Waals surface area (Å²) in [6.45, 7) is 6.16. The molecule has 4 rings (SSSR count). The second-order valence-corrected chi connectivity index (χ2v) is 8.38. The largest absolute Gasteiger partial charge is 0.497 e. The first-order valence-electron chi connectivity index (χ1n) is 12.1. The molecule has 186 valence electrons. The van der Waals surface area contributed by atoms with Gasteiger partial charge in [-0.1, -0.05) is 26.0 Å². The Morgan fingerprint density at radius 3 is 2.11 bits per heavy atom. The molecule has 0 fully saturated rings. The minimum Gasteiger partial charge on any atom is -0.497 e. The molecular formula is C29H32N4O3. The van der Waals surface area contributed by atoms with Gasteiger partial charge < -0.3 is 20.1 Å². The normalized spacial score (nSPS) is 10.9. The van der Waals surface area contributed by atoms with Crippen molar-refractivity contribution in [2.75, 3.05) is 44.5 Å². The van der Waals surface area contributed by atoms with Gasteiger partial charge in [0, 0.05) is 22.3 Å². The average Bonchev–Trinajstić information content (AvgIpc) is 2.92. The SMILES string of the molecule is CCN(CC)CC(=O)Nc1ccc(Nc2nc3ccc(OC)cc3cc2-c2ccc(OC)cc2)cc1. The number of amides is 1. The first-order chi connectivity index (χ1) is 17.5. The number of anilines is 3. The Balaban J connectivity index is 1.61. The van der Waals surface area contributed by atoms with Gasteiger partial charge in [-0.05, 0) is 79.3 Å². The van der Waals surface area contributed by atoms with Gasteiger partial charge in [0.15, 0.2) is 0 Å². The van der Waals surface area contributed by atoms with Crippen molar-refractivity contribution in [3.05, 3.63) is 72.8 Å². The van der Waals surface area contributed by atoms with Crippen LogP contribution in [0.1, 0.15) is 13.8 Å². The molecule has 0 radical (unpaired) electrons. The third-order valence-electron chi connectivity index (χ3n) is 6.12. The second kappa shape index (κ2) is 11.6. The van der Waals surface area contributed by atoms with Crippen LogP contribution in [-0.2, 0) is 4.79 Å². The predicted octanol–water partition coefficient (Wildman–Crippen LogP) is 5.94. The van der Waals surface area contributed by atoms with Gasteiger partial charge in [-0.15, -0.1) is 0 Å². The van der Waals surface area contributed by atoms with Crippen molar-refractivity contribution >= 4 is 34.0 Å². The highest BCUT2D eigenvalue weighted by molar-refractivity contribution is 5.93. The van der Waals surface area contributed by atoms with Crippen molar-refractivity contribution in [2.24, 2.45) is 0 Å². The zero-order chi connectivity index (χ0) is 25.5. The highest BCUT2D eigenvalue weighted by Gasteiger charge is 2.12. The number of carbonyl (C=O) groups is 1. The molecule has 0 atom stereocenters. The lowest BCUT2D eigenvalue weighted by Crippen LogP contribution is -2.32. The Bertz CT molecular complexity index is 1320. The molecule has 0 saturated heterocycles. The van der Waals surface area contributed by atoms with E-state index in [1.165, 1.54) is 0 Å². The molecule has 1 amide bonds. The van der Waals surface area contributed by atoms with Crippen molar-refractivity contribution in [1.82, 2.24) is 9.88 Å². The molecule has 1 heterocycles. The summed E-state index contributed by atoms with van der Waals surface area (Å²) in [4.78, 5) is 19.3. The molecule has 36 heavy (non-hydrogen) atoms. The monoisotopic (exact) mass is 484 g/mol. The standard InChI is InChI=1S/C29H32N4O3/c1-5-33(6-2)19-28(34)30-22-9-11-23(12-10-22)31-29-26(20-7-13-24(35-3)14-8-20)18-21-17-25(36-4)15-16-27(21)32-29/h7-18H,5-6,19H2,1-4H3,(H,30,34)(H,31,32). The summed E-state index contributed by atoms with van der Waals surface area (Å²) in [5, 5.41) is 7.41. The van der Waals surface area contributed by atoms with Crippen LogP contribution in [0.2, 0.25) is 0 Å². The molecule has 1 aromatic heterocycles. The second-order valence-electron chi connectivity index (χ2n) is 8.38. The zero-order valence-electron chi connectivity index (χ0n) is 21.2. The number of rotatable bonds is 10. The maximum atomic E-state index is 12.3. The number of methoxy groups -OCH3 is 2. The Morgan fingerprint density at radius 2 is 1.47 bits per heavy atom. The van der Waals surface area contributed by atoms with Crippen LogP contribution >= 0.6 is 0 Å². The number of likely N-dealkylation sites (N-methyl/N-ethyl adjacent to an activating group) is 1. The van der Waals surface area contributed by atoms with E-state index in [-0.39, 0.29) is 5.91 Å². The molecular weight excluding hydrogens is 452 g/mol. The molecule has 0 saturated carbocycles. The summed E-state index contributed by atoms with van der Waals surface area (Å²) in [6.07, 6.45) is 0. The van der Waals surface area contributed by atoms with Crippen molar-refractivity contribution in [2.45, 2.75) is 13.8 Å². The van der Waals surface area contributed by atoms with E-state index in [4.69, 9.17) is 14.5 Å². The van der Waals surface area contributed by atoms with Gasteiger partial charge in [0.25, 0.3) is 0 Å². The van der Waals surface area contributed by atoms with Crippen LogP contribution in [-0.4, -0.2) is 49.6 Å². The molecule has 0 unspecified atom stereocenters. The minimum atomic E-state index is -0.0205. The van der Waals surface area contributed by atoms with Crippen molar-refractivity contribution in [1.29, 1.82) is 0 Å². The summed E-state index contributed by atoms with van der Waals surface area (Å²) in [7, 11) is 3.31.